The highest BCUT2D eigenvalue weighted by molar-refractivity contribution is 7.91. The van der Waals surface area contributed by atoms with Gasteiger partial charge in [0.25, 0.3) is 5.91 Å². The normalized spacial score (nSPS) is 11.6. The lowest BCUT2D eigenvalue weighted by Gasteiger charge is -2.11. The standard InChI is InChI=1S/C25H25N3O4S/c1-18(2)17-32-21-4-3-5-23(14-21)33(30,31)22-9-6-19(7-10-22)15-27-25(29)20-8-11-24-26-12-13-28(24)16-20/h3-14,16,18H,15,17H2,1-2H3,(H,27,29). The van der Waals surface area contributed by atoms with Gasteiger partial charge < -0.3 is 14.5 Å². The van der Waals surface area contributed by atoms with Crippen LogP contribution in [0.15, 0.2) is 89.0 Å². The van der Waals surface area contributed by atoms with Gasteiger partial charge in [0.05, 0.1) is 22.0 Å². The summed E-state index contributed by atoms with van der Waals surface area (Å²) in [4.78, 5) is 17.0. The van der Waals surface area contributed by atoms with Crippen molar-refractivity contribution in [1.29, 1.82) is 0 Å². The van der Waals surface area contributed by atoms with Crippen molar-refractivity contribution in [3.63, 3.8) is 0 Å². The number of rotatable bonds is 8. The third-order valence-electron chi connectivity index (χ3n) is 5.04. The third kappa shape index (κ3) is 5.23. The molecule has 2 aromatic carbocycles. The van der Waals surface area contributed by atoms with Crippen molar-refractivity contribution < 1.29 is 17.9 Å². The minimum Gasteiger partial charge on any atom is -0.493 e. The van der Waals surface area contributed by atoms with Crippen molar-refractivity contribution in [2.24, 2.45) is 5.92 Å². The molecule has 2 heterocycles. The molecule has 0 radical (unpaired) electrons. The van der Waals surface area contributed by atoms with Crippen LogP contribution in [0.25, 0.3) is 5.65 Å². The molecule has 1 N–H and O–H groups in total. The van der Waals surface area contributed by atoms with E-state index < -0.39 is 9.84 Å². The number of hydrogen-bond donors (Lipinski definition) is 1. The molecule has 1 amide bonds. The van der Waals surface area contributed by atoms with Gasteiger partial charge in [0.15, 0.2) is 0 Å². The van der Waals surface area contributed by atoms with E-state index in [0.717, 1.165) is 11.2 Å². The lowest BCUT2D eigenvalue weighted by Crippen LogP contribution is -2.23. The van der Waals surface area contributed by atoms with Crippen LogP contribution in [0.5, 0.6) is 5.75 Å². The van der Waals surface area contributed by atoms with E-state index in [2.05, 4.69) is 10.3 Å². The first kappa shape index (κ1) is 22.5. The molecule has 33 heavy (non-hydrogen) atoms. The summed E-state index contributed by atoms with van der Waals surface area (Å²) in [7, 11) is -3.68. The largest absolute Gasteiger partial charge is 0.493 e. The summed E-state index contributed by atoms with van der Waals surface area (Å²) < 4.78 is 33.5. The molecule has 0 unspecified atom stereocenters. The van der Waals surface area contributed by atoms with E-state index in [1.54, 1.807) is 83.7 Å². The van der Waals surface area contributed by atoms with Gasteiger partial charge in [-0.2, -0.15) is 0 Å². The molecule has 0 aliphatic heterocycles. The molecule has 0 saturated heterocycles. The fourth-order valence-electron chi connectivity index (χ4n) is 3.26. The minimum absolute atomic E-state index is 0.180. The first-order valence-electron chi connectivity index (χ1n) is 10.6. The Labute approximate surface area is 193 Å². The van der Waals surface area contributed by atoms with Crippen molar-refractivity contribution in [2.75, 3.05) is 6.61 Å². The van der Waals surface area contributed by atoms with Crippen LogP contribution in [-0.2, 0) is 16.4 Å². The van der Waals surface area contributed by atoms with Gasteiger partial charge in [0.1, 0.15) is 11.4 Å². The van der Waals surface area contributed by atoms with Crippen LogP contribution in [0.2, 0.25) is 0 Å². The van der Waals surface area contributed by atoms with Crippen molar-refractivity contribution in [1.82, 2.24) is 14.7 Å². The molecule has 0 aliphatic carbocycles. The van der Waals surface area contributed by atoms with Crippen LogP contribution < -0.4 is 10.1 Å². The number of fused-ring (bicyclic) bond motifs is 1. The number of nitrogens with zero attached hydrogens (tertiary/aromatic N) is 2. The van der Waals surface area contributed by atoms with E-state index >= 15 is 0 Å². The number of amides is 1. The topological polar surface area (TPSA) is 89.8 Å². The minimum atomic E-state index is -3.68. The maximum absolute atomic E-state index is 13.0. The van der Waals surface area contributed by atoms with Gasteiger partial charge in [-0.25, -0.2) is 13.4 Å². The van der Waals surface area contributed by atoms with Gasteiger partial charge in [-0.3, -0.25) is 4.79 Å². The number of sulfone groups is 1. The van der Waals surface area contributed by atoms with E-state index in [1.807, 2.05) is 13.8 Å². The highest BCUT2D eigenvalue weighted by Crippen LogP contribution is 2.25. The average molecular weight is 464 g/mol. The van der Waals surface area contributed by atoms with Crippen LogP contribution in [-0.4, -0.2) is 30.3 Å². The van der Waals surface area contributed by atoms with Crippen molar-refractivity contribution in [3.8, 4) is 5.75 Å². The first-order chi connectivity index (χ1) is 15.8. The molecule has 170 valence electrons. The lowest BCUT2D eigenvalue weighted by atomic mass is 10.2. The van der Waals surface area contributed by atoms with Gasteiger partial charge in [-0.1, -0.05) is 32.0 Å². The number of pyridine rings is 1. The van der Waals surface area contributed by atoms with Gasteiger partial charge in [0.2, 0.25) is 9.84 Å². The molecule has 0 spiro atoms. The quantitative estimate of drug-likeness (QED) is 0.424. The molecular weight excluding hydrogens is 438 g/mol. The Hall–Kier alpha value is -3.65. The monoisotopic (exact) mass is 463 g/mol. The Balaban J connectivity index is 1.43. The molecule has 0 saturated carbocycles. The van der Waals surface area contributed by atoms with Crippen molar-refractivity contribution in [2.45, 2.75) is 30.2 Å². The summed E-state index contributed by atoms with van der Waals surface area (Å²) >= 11 is 0. The fourth-order valence-corrected chi connectivity index (χ4v) is 4.55. The molecule has 0 bridgehead atoms. The van der Waals surface area contributed by atoms with Gasteiger partial charge in [-0.05, 0) is 53.9 Å². The van der Waals surface area contributed by atoms with E-state index in [-0.39, 0.29) is 22.2 Å². The molecule has 0 atom stereocenters. The third-order valence-corrected chi connectivity index (χ3v) is 6.80. The second-order valence-corrected chi connectivity index (χ2v) is 10.1. The second-order valence-electron chi connectivity index (χ2n) is 8.12. The zero-order chi connectivity index (χ0) is 23.4. The number of carbonyl (C=O) groups is 1. The number of imidazole rings is 1. The Kier molecular flexibility index (Phi) is 6.46. The number of nitrogens with one attached hydrogen (secondary N) is 1. The summed E-state index contributed by atoms with van der Waals surface area (Å²) in [6, 6.07) is 16.5. The molecule has 0 aliphatic rings. The zero-order valence-corrected chi connectivity index (χ0v) is 19.2. The molecule has 4 aromatic rings. The maximum Gasteiger partial charge on any atom is 0.253 e. The summed E-state index contributed by atoms with van der Waals surface area (Å²) in [6.45, 7) is 4.85. The lowest BCUT2D eigenvalue weighted by molar-refractivity contribution is 0.0950. The van der Waals surface area contributed by atoms with Crippen LogP contribution in [0.1, 0.15) is 29.8 Å². The predicted octanol–water partition coefficient (Wildman–Crippen LogP) is 4.13. The summed E-state index contributed by atoms with van der Waals surface area (Å²) in [5.74, 6) is 0.644. The molecule has 0 fully saturated rings. The van der Waals surface area contributed by atoms with Gasteiger partial charge in [-0.15, -0.1) is 0 Å². The van der Waals surface area contributed by atoms with E-state index in [0.29, 0.717) is 23.8 Å². The Bertz CT molecular complexity index is 1380. The number of hydrogen-bond acceptors (Lipinski definition) is 5. The molecule has 8 heteroatoms. The first-order valence-corrected chi connectivity index (χ1v) is 12.1. The Morgan fingerprint density at radius 1 is 1.06 bits per heavy atom. The smallest absolute Gasteiger partial charge is 0.253 e. The van der Waals surface area contributed by atoms with Crippen LogP contribution >= 0.6 is 0 Å². The Morgan fingerprint density at radius 2 is 1.85 bits per heavy atom. The predicted molar refractivity (Wildman–Crippen MR) is 125 cm³/mol. The van der Waals surface area contributed by atoms with E-state index in [4.69, 9.17) is 4.74 Å². The second kappa shape index (κ2) is 9.46. The van der Waals surface area contributed by atoms with Crippen LogP contribution in [0.4, 0.5) is 0 Å². The number of benzene rings is 2. The average Bonchev–Trinajstić information content (AvgIpc) is 3.29. The fraction of sp³-hybridized carbons (Fsp3) is 0.200. The van der Waals surface area contributed by atoms with Gasteiger partial charge in [0, 0.05) is 25.1 Å². The zero-order valence-electron chi connectivity index (χ0n) is 18.4. The number of aromatic nitrogens is 2. The summed E-state index contributed by atoms with van der Waals surface area (Å²) in [6.07, 6.45) is 5.16. The number of carbonyl (C=O) groups excluding carboxylic acids is 1. The number of ether oxygens (including phenoxy) is 1. The maximum atomic E-state index is 13.0. The molecule has 7 nitrogen and oxygen atoms in total. The molecule has 2 aromatic heterocycles. The highest BCUT2D eigenvalue weighted by Gasteiger charge is 2.18. The van der Waals surface area contributed by atoms with Crippen LogP contribution in [0, 0.1) is 5.92 Å². The van der Waals surface area contributed by atoms with E-state index in [9.17, 15) is 13.2 Å². The van der Waals surface area contributed by atoms with Crippen molar-refractivity contribution >= 4 is 21.4 Å². The SMILES string of the molecule is CC(C)COc1cccc(S(=O)(=O)c2ccc(CNC(=O)c3ccc4nccn4c3)cc2)c1. The summed E-state index contributed by atoms with van der Waals surface area (Å²) in [5, 5.41) is 2.85. The molecular formula is C25H25N3O4S. The van der Waals surface area contributed by atoms with E-state index in [1.165, 1.54) is 0 Å². The van der Waals surface area contributed by atoms with Crippen LogP contribution in [0.3, 0.4) is 0 Å². The highest BCUT2D eigenvalue weighted by atomic mass is 32.2. The van der Waals surface area contributed by atoms with Crippen molar-refractivity contribution in [3.05, 3.63) is 90.4 Å². The summed E-state index contributed by atoms with van der Waals surface area (Å²) in [5.41, 5.74) is 2.07. The Morgan fingerprint density at radius 3 is 2.61 bits per heavy atom. The molecule has 4 rings (SSSR count). The van der Waals surface area contributed by atoms with Gasteiger partial charge >= 0.3 is 0 Å².